The van der Waals surface area contributed by atoms with Gasteiger partial charge in [-0.25, -0.2) is 8.42 Å². The molecule has 0 spiro atoms. The molecule has 0 bridgehead atoms. The summed E-state index contributed by atoms with van der Waals surface area (Å²) in [7, 11) is -3.14. The second-order valence-corrected chi connectivity index (χ2v) is 8.10. The van der Waals surface area contributed by atoms with Crippen LogP contribution in [-0.4, -0.2) is 26.7 Å². The molecule has 25 heavy (non-hydrogen) atoms. The lowest BCUT2D eigenvalue weighted by atomic mass is 10.1. The molecule has 6 nitrogen and oxygen atoms in total. The minimum absolute atomic E-state index is 0.00282. The number of benzene rings is 1. The maximum Gasteiger partial charge on any atom is 0.221 e. The standard InChI is InChI=1S/C18H21NO5S/c1-3-23-15-6-4-5-14-10-16(24-18(14)15)12(2)19-17(20)9-13-7-8-25(21,22)11-13/h4-8,10,12-13H,3,9,11H2,1-2H3,(H,19,20). The lowest BCUT2D eigenvalue weighted by Crippen LogP contribution is -2.28. The summed E-state index contributed by atoms with van der Waals surface area (Å²) in [6.45, 7) is 4.28. The molecule has 2 aromatic rings. The zero-order valence-electron chi connectivity index (χ0n) is 14.2. The fourth-order valence-electron chi connectivity index (χ4n) is 2.92. The van der Waals surface area contributed by atoms with Crippen molar-refractivity contribution in [2.75, 3.05) is 12.4 Å². The monoisotopic (exact) mass is 363 g/mol. The van der Waals surface area contributed by atoms with Crippen molar-refractivity contribution in [1.29, 1.82) is 0 Å². The van der Waals surface area contributed by atoms with Crippen molar-refractivity contribution >= 4 is 26.7 Å². The first-order valence-electron chi connectivity index (χ1n) is 8.23. The highest BCUT2D eigenvalue weighted by Gasteiger charge is 2.25. The Hall–Kier alpha value is -2.28. The van der Waals surface area contributed by atoms with Gasteiger partial charge in [0.1, 0.15) is 5.76 Å². The summed E-state index contributed by atoms with van der Waals surface area (Å²) >= 11 is 0. The third-order valence-corrected chi connectivity index (χ3v) is 5.55. The predicted octanol–water partition coefficient (Wildman–Crippen LogP) is 2.96. The van der Waals surface area contributed by atoms with Crippen LogP contribution in [0.4, 0.5) is 0 Å². The van der Waals surface area contributed by atoms with Crippen LogP contribution in [0, 0.1) is 5.92 Å². The van der Waals surface area contributed by atoms with Gasteiger partial charge in [-0.05, 0) is 26.0 Å². The van der Waals surface area contributed by atoms with Crippen LogP contribution in [0.3, 0.4) is 0 Å². The van der Waals surface area contributed by atoms with Crippen LogP contribution in [0.5, 0.6) is 5.75 Å². The number of hydrogen-bond acceptors (Lipinski definition) is 5. The highest BCUT2D eigenvalue weighted by Crippen LogP contribution is 2.31. The maximum absolute atomic E-state index is 12.2. The third kappa shape index (κ3) is 4.04. The molecule has 2 unspecified atom stereocenters. The minimum atomic E-state index is -3.14. The van der Waals surface area contributed by atoms with E-state index in [0.29, 0.717) is 23.7 Å². The van der Waals surface area contributed by atoms with Crippen molar-refractivity contribution in [2.24, 2.45) is 5.92 Å². The van der Waals surface area contributed by atoms with E-state index in [9.17, 15) is 13.2 Å². The molecule has 0 fully saturated rings. The molecular formula is C18H21NO5S. The summed E-state index contributed by atoms with van der Waals surface area (Å²) < 4.78 is 34.2. The summed E-state index contributed by atoms with van der Waals surface area (Å²) in [6.07, 6.45) is 1.72. The van der Waals surface area contributed by atoms with E-state index in [-0.39, 0.29) is 30.0 Å². The Labute approximate surface area is 146 Å². The quantitative estimate of drug-likeness (QED) is 0.853. The number of nitrogens with one attached hydrogen (secondary N) is 1. The van der Waals surface area contributed by atoms with Gasteiger partial charge < -0.3 is 14.5 Å². The average Bonchev–Trinajstić information content (AvgIpc) is 3.11. The number of rotatable bonds is 6. The van der Waals surface area contributed by atoms with Crippen molar-refractivity contribution in [3.8, 4) is 5.75 Å². The number of ether oxygens (including phenoxy) is 1. The number of carbonyl (C=O) groups excluding carboxylic acids is 1. The highest BCUT2D eigenvalue weighted by molar-refractivity contribution is 7.94. The molecule has 0 saturated heterocycles. The summed E-state index contributed by atoms with van der Waals surface area (Å²) in [5.41, 5.74) is 0.658. The lowest BCUT2D eigenvalue weighted by Gasteiger charge is -2.13. The van der Waals surface area contributed by atoms with Crippen molar-refractivity contribution in [3.63, 3.8) is 0 Å². The maximum atomic E-state index is 12.2. The first kappa shape index (κ1) is 17.5. The van der Waals surface area contributed by atoms with Crippen LogP contribution >= 0.6 is 0 Å². The Balaban J connectivity index is 1.68. The average molecular weight is 363 g/mol. The smallest absolute Gasteiger partial charge is 0.221 e. The van der Waals surface area contributed by atoms with Crippen LogP contribution < -0.4 is 10.1 Å². The van der Waals surface area contributed by atoms with Crippen LogP contribution in [0.25, 0.3) is 11.0 Å². The molecule has 3 rings (SSSR count). The summed E-state index contributed by atoms with van der Waals surface area (Å²) in [5, 5.41) is 4.95. The number of sulfone groups is 1. The number of hydrogen-bond donors (Lipinski definition) is 1. The molecule has 2 atom stereocenters. The largest absolute Gasteiger partial charge is 0.490 e. The molecule has 0 aliphatic carbocycles. The summed E-state index contributed by atoms with van der Waals surface area (Å²) in [6, 6.07) is 7.21. The van der Waals surface area contributed by atoms with Crippen molar-refractivity contribution in [2.45, 2.75) is 26.3 Å². The van der Waals surface area contributed by atoms with Crippen LogP contribution in [0.1, 0.15) is 32.1 Å². The second kappa shape index (κ2) is 6.92. The molecule has 7 heteroatoms. The molecule has 1 aromatic carbocycles. The first-order chi connectivity index (χ1) is 11.9. The third-order valence-electron chi connectivity index (χ3n) is 4.08. The number of carbonyl (C=O) groups is 1. The number of allylic oxidation sites excluding steroid dienone is 1. The van der Waals surface area contributed by atoms with Gasteiger partial charge >= 0.3 is 0 Å². The van der Waals surface area contributed by atoms with Gasteiger partial charge in [0.2, 0.25) is 5.91 Å². The zero-order valence-corrected chi connectivity index (χ0v) is 15.0. The molecular weight excluding hydrogens is 342 g/mol. The molecule has 0 saturated carbocycles. The predicted molar refractivity (Wildman–Crippen MR) is 95.0 cm³/mol. The Morgan fingerprint density at radius 2 is 2.24 bits per heavy atom. The number of fused-ring (bicyclic) bond motifs is 1. The Morgan fingerprint density at radius 3 is 2.92 bits per heavy atom. The van der Waals surface area contributed by atoms with E-state index in [4.69, 9.17) is 9.15 Å². The van der Waals surface area contributed by atoms with Crippen molar-refractivity contribution in [3.05, 3.63) is 41.5 Å². The topological polar surface area (TPSA) is 85.6 Å². The van der Waals surface area contributed by atoms with Gasteiger partial charge in [-0.15, -0.1) is 0 Å². The van der Waals surface area contributed by atoms with Crippen molar-refractivity contribution < 1.29 is 22.4 Å². The van der Waals surface area contributed by atoms with E-state index in [1.807, 2.05) is 38.1 Å². The molecule has 1 aliphatic heterocycles. The van der Waals surface area contributed by atoms with Gasteiger partial charge in [-0.3, -0.25) is 4.79 Å². The van der Waals surface area contributed by atoms with Crippen LogP contribution in [0.15, 0.2) is 40.2 Å². The summed E-state index contributed by atoms with van der Waals surface area (Å²) in [4.78, 5) is 12.2. The number of furan rings is 1. The van der Waals surface area contributed by atoms with E-state index in [1.54, 1.807) is 6.08 Å². The molecule has 1 aliphatic rings. The normalized spacial score (nSPS) is 19.8. The van der Waals surface area contributed by atoms with Gasteiger partial charge in [0.05, 0.1) is 18.4 Å². The SMILES string of the molecule is CCOc1cccc2cc(C(C)NC(=O)CC3C=CS(=O)(=O)C3)oc12. The summed E-state index contributed by atoms with van der Waals surface area (Å²) in [5.74, 6) is 0.829. The Morgan fingerprint density at radius 1 is 1.44 bits per heavy atom. The fraction of sp³-hybridized carbons (Fsp3) is 0.389. The Kier molecular flexibility index (Phi) is 4.85. The van der Waals surface area contributed by atoms with E-state index < -0.39 is 9.84 Å². The van der Waals surface area contributed by atoms with Crippen molar-refractivity contribution in [1.82, 2.24) is 5.32 Å². The van der Waals surface area contributed by atoms with Gasteiger partial charge in [-0.2, -0.15) is 0 Å². The van der Waals surface area contributed by atoms with E-state index in [1.165, 1.54) is 5.41 Å². The minimum Gasteiger partial charge on any atom is -0.490 e. The molecule has 0 radical (unpaired) electrons. The van der Waals surface area contributed by atoms with Gasteiger partial charge in [0.25, 0.3) is 0 Å². The second-order valence-electron chi connectivity index (χ2n) is 6.17. The molecule has 1 N–H and O–H groups in total. The highest BCUT2D eigenvalue weighted by atomic mass is 32.2. The Bertz CT molecular complexity index is 913. The molecule has 1 aromatic heterocycles. The molecule has 1 amide bonds. The molecule has 134 valence electrons. The van der Waals surface area contributed by atoms with Gasteiger partial charge in [0.15, 0.2) is 21.2 Å². The van der Waals surface area contributed by atoms with Crippen LogP contribution in [0.2, 0.25) is 0 Å². The lowest BCUT2D eigenvalue weighted by molar-refractivity contribution is -0.122. The van der Waals surface area contributed by atoms with Gasteiger partial charge in [-0.1, -0.05) is 18.2 Å². The van der Waals surface area contributed by atoms with E-state index in [0.717, 1.165) is 5.39 Å². The zero-order chi connectivity index (χ0) is 18.0. The number of para-hydroxylation sites is 1. The van der Waals surface area contributed by atoms with Crippen LogP contribution in [-0.2, 0) is 14.6 Å². The van der Waals surface area contributed by atoms with Gasteiger partial charge in [0, 0.05) is 23.1 Å². The fourth-order valence-corrected chi connectivity index (χ4v) is 4.31. The number of amides is 1. The first-order valence-corrected chi connectivity index (χ1v) is 9.95. The molecule has 2 heterocycles. The van der Waals surface area contributed by atoms with E-state index >= 15 is 0 Å². The van der Waals surface area contributed by atoms with E-state index in [2.05, 4.69) is 5.32 Å².